The van der Waals surface area contributed by atoms with E-state index in [-0.39, 0.29) is 5.91 Å². The third kappa shape index (κ3) is 3.68. The van der Waals surface area contributed by atoms with Crippen LogP contribution in [0.5, 0.6) is 0 Å². The monoisotopic (exact) mass is 278 g/mol. The molecule has 8 heteroatoms. The number of rotatable bonds is 6. The maximum atomic E-state index is 11.9. The molecule has 0 bridgehead atoms. The highest BCUT2D eigenvalue weighted by Gasteiger charge is 2.13. The lowest BCUT2D eigenvalue weighted by Crippen LogP contribution is -2.29. The predicted molar refractivity (Wildman–Crippen MR) is 72.1 cm³/mol. The fourth-order valence-electron chi connectivity index (χ4n) is 1.45. The first-order chi connectivity index (χ1) is 9.31. The van der Waals surface area contributed by atoms with E-state index in [0.717, 1.165) is 17.2 Å². The molecule has 2 aromatic rings. The summed E-state index contributed by atoms with van der Waals surface area (Å²) in [6.07, 6.45) is 5.55. The van der Waals surface area contributed by atoms with Crippen molar-refractivity contribution in [2.45, 2.75) is 13.3 Å². The number of aromatic nitrogens is 4. The van der Waals surface area contributed by atoms with Gasteiger partial charge in [-0.15, -0.1) is 5.10 Å². The number of amides is 1. The Kier molecular flexibility index (Phi) is 4.73. The van der Waals surface area contributed by atoms with Crippen molar-refractivity contribution in [3.05, 3.63) is 29.2 Å². The molecule has 19 heavy (non-hydrogen) atoms. The lowest BCUT2D eigenvalue weighted by Gasteiger charge is -2.06. The standard InChI is InChI=1S/C11H14N6OS/c1-2-8-10(19-17-16-8)11(18)15-6-5-14-9-7-12-3-4-13-9/h3-4,7H,2,5-6H2,1H3,(H,13,14)(H,15,18). The second-order valence-corrected chi connectivity index (χ2v) is 4.43. The van der Waals surface area contributed by atoms with Crippen molar-refractivity contribution in [2.75, 3.05) is 18.4 Å². The van der Waals surface area contributed by atoms with Crippen LogP contribution in [0, 0.1) is 0 Å². The Labute approximate surface area is 114 Å². The third-order valence-corrected chi connectivity index (χ3v) is 3.14. The summed E-state index contributed by atoms with van der Waals surface area (Å²) in [5.41, 5.74) is 0.740. The van der Waals surface area contributed by atoms with Crippen molar-refractivity contribution in [2.24, 2.45) is 0 Å². The van der Waals surface area contributed by atoms with Crippen LogP contribution in [0.4, 0.5) is 5.82 Å². The molecular formula is C11H14N6OS. The highest BCUT2D eigenvalue weighted by atomic mass is 32.1. The van der Waals surface area contributed by atoms with Crippen LogP contribution in [-0.4, -0.2) is 38.6 Å². The fraction of sp³-hybridized carbons (Fsp3) is 0.364. The molecule has 0 saturated heterocycles. The van der Waals surface area contributed by atoms with Gasteiger partial charge in [0.05, 0.1) is 11.9 Å². The van der Waals surface area contributed by atoms with Gasteiger partial charge in [0, 0.05) is 25.5 Å². The number of hydrogen-bond donors (Lipinski definition) is 2. The Morgan fingerprint density at radius 3 is 3.00 bits per heavy atom. The summed E-state index contributed by atoms with van der Waals surface area (Å²) in [6, 6.07) is 0. The topological polar surface area (TPSA) is 92.7 Å². The molecule has 0 aromatic carbocycles. The highest BCUT2D eigenvalue weighted by Crippen LogP contribution is 2.10. The van der Waals surface area contributed by atoms with Crippen molar-refractivity contribution in [3.63, 3.8) is 0 Å². The van der Waals surface area contributed by atoms with E-state index in [0.29, 0.717) is 30.2 Å². The van der Waals surface area contributed by atoms with Gasteiger partial charge in [0.15, 0.2) is 0 Å². The van der Waals surface area contributed by atoms with Crippen LogP contribution >= 0.6 is 11.5 Å². The Morgan fingerprint density at radius 1 is 1.37 bits per heavy atom. The molecule has 2 rings (SSSR count). The van der Waals surface area contributed by atoms with Crippen molar-refractivity contribution in [1.82, 2.24) is 24.9 Å². The molecule has 0 aliphatic heterocycles. The molecule has 0 spiro atoms. The Bertz CT molecular complexity index is 529. The number of aryl methyl sites for hydroxylation is 1. The molecule has 0 aliphatic rings. The van der Waals surface area contributed by atoms with Crippen molar-refractivity contribution in [1.29, 1.82) is 0 Å². The van der Waals surface area contributed by atoms with E-state index in [1.807, 2.05) is 6.92 Å². The quantitative estimate of drug-likeness (QED) is 0.757. The van der Waals surface area contributed by atoms with Crippen molar-refractivity contribution in [3.8, 4) is 0 Å². The molecule has 0 aliphatic carbocycles. The SMILES string of the molecule is CCc1nnsc1C(=O)NCCNc1cnccn1. The third-order valence-electron chi connectivity index (χ3n) is 2.38. The molecule has 0 fully saturated rings. The van der Waals surface area contributed by atoms with Gasteiger partial charge >= 0.3 is 0 Å². The minimum Gasteiger partial charge on any atom is -0.367 e. The molecule has 0 saturated carbocycles. The number of nitrogens with zero attached hydrogens (tertiary/aromatic N) is 4. The van der Waals surface area contributed by atoms with E-state index in [2.05, 4.69) is 30.2 Å². The summed E-state index contributed by atoms with van der Waals surface area (Å²) in [5.74, 6) is 0.554. The molecule has 100 valence electrons. The van der Waals surface area contributed by atoms with E-state index in [1.165, 1.54) is 0 Å². The zero-order valence-electron chi connectivity index (χ0n) is 10.5. The first-order valence-corrected chi connectivity index (χ1v) is 6.68. The first kappa shape index (κ1) is 13.3. The van der Waals surface area contributed by atoms with Crippen molar-refractivity contribution < 1.29 is 4.79 Å². The molecule has 0 unspecified atom stereocenters. The minimum absolute atomic E-state index is 0.132. The van der Waals surface area contributed by atoms with Gasteiger partial charge in [-0.3, -0.25) is 9.78 Å². The number of carbonyl (C=O) groups is 1. The van der Waals surface area contributed by atoms with Gasteiger partial charge in [0.25, 0.3) is 5.91 Å². The number of carbonyl (C=O) groups excluding carboxylic acids is 1. The van der Waals surface area contributed by atoms with E-state index in [9.17, 15) is 4.79 Å². The van der Waals surface area contributed by atoms with E-state index in [4.69, 9.17) is 0 Å². The Hall–Kier alpha value is -2.09. The van der Waals surface area contributed by atoms with Gasteiger partial charge < -0.3 is 10.6 Å². The van der Waals surface area contributed by atoms with Gasteiger partial charge in [-0.25, -0.2) is 4.98 Å². The van der Waals surface area contributed by atoms with Gasteiger partial charge in [0.1, 0.15) is 10.7 Å². The molecule has 0 atom stereocenters. The van der Waals surface area contributed by atoms with Gasteiger partial charge in [-0.1, -0.05) is 11.4 Å². The van der Waals surface area contributed by atoms with Crippen molar-refractivity contribution >= 4 is 23.3 Å². The average molecular weight is 278 g/mol. The summed E-state index contributed by atoms with van der Waals surface area (Å²) < 4.78 is 3.79. The van der Waals surface area contributed by atoms with E-state index in [1.54, 1.807) is 18.6 Å². The van der Waals surface area contributed by atoms with Crippen LogP contribution in [0.2, 0.25) is 0 Å². The summed E-state index contributed by atoms with van der Waals surface area (Å²) >= 11 is 1.12. The molecular weight excluding hydrogens is 264 g/mol. The Balaban J connectivity index is 1.75. The lowest BCUT2D eigenvalue weighted by molar-refractivity contribution is 0.0958. The minimum atomic E-state index is -0.132. The number of anilines is 1. The smallest absolute Gasteiger partial charge is 0.265 e. The zero-order valence-corrected chi connectivity index (χ0v) is 11.3. The molecule has 0 radical (unpaired) electrons. The van der Waals surface area contributed by atoms with Crippen LogP contribution < -0.4 is 10.6 Å². The predicted octanol–water partition coefficient (Wildman–Crippen LogP) is 0.732. The molecule has 1 amide bonds. The maximum Gasteiger partial charge on any atom is 0.265 e. The highest BCUT2D eigenvalue weighted by molar-refractivity contribution is 7.08. The maximum absolute atomic E-state index is 11.9. The summed E-state index contributed by atoms with van der Waals surface area (Å²) in [5, 5.41) is 9.77. The largest absolute Gasteiger partial charge is 0.367 e. The second-order valence-electron chi connectivity index (χ2n) is 3.68. The number of nitrogens with one attached hydrogen (secondary N) is 2. The normalized spacial score (nSPS) is 10.2. The fourth-order valence-corrected chi connectivity index (χ4v) is 2.12. The summed E-state index contributed by atoms with van der Waals surface area (Å²) in [4.78, 5) is 20.4. The van der Waals surface area contributed by atoms with Crippen LogP contribution in [-0.2, 0) is 6.42 Å². The van der Waals surface area contributed by atoms with E-state index < -0.39 is 0 Å². The number of hydrogen-bond acceptors (Lipinski definition) is 7. The molecule has 7 nitrogen and oxygen atoms in total. The first-order valence-electron chi connectivity index (χ1n) is 5.90. The summed E-state index contributed by atoms with van der Waals surface area (Å²) in [6.45, 7) is 3.03. The molecule has 2 aromatic heterocycles. The van der Waals surface area contributed by atoms with E-state index >= 15 is 0 Å². The lowest BCUT2D eigenvalue weighted by atomic mass is 10.3. The van der Waals surface area contributed by atoms with Crippen LogP contribution in [0.3, 0.4) is 0 Å². The van der Waals surface area contributed by atoms with Gasteiger partial charge in [0.2, 0.25) is 0 Å². The summed E-state index contributed by atoms with van der Waals surface area (Å²) in [7, 11) is 0. The second kappa shape index (κ2) is 6.74. The Morgan fingerprint density at radius 2 is 2.26 bits per heavy atom. The van der Waals surface area contributed by atoms with Gasteiger partial charge in [-0.2, -0.15) is 0 Å². The van der Waals surface area contributed by atoms with Crippen LogP contribution in [0.25, 0.3) is 0 Å². The van der Waals surface area contributed by atoms with Gasteiger partial charge in [-0.05, 0) is 18.0 Å². The zero-order chi connectivity index (χ0) is 13.5. The van der Waals surface area contributed by atoms with Crippen LogP contribution in [0.1, 0.15) is 22.3 Å². The molecule has 2 heterocycles. The molecule has 2 N–H and O–H groups in total. The van der Waals surface area contributed by atoms with Crippen LogP contribution in [0.15, 0.2) is 18.6 Å². The average Bonchev–Trinajstić information content (AvgIpc) is 2.93.